The monoisotopic (exact) mass is 700 g/mol. The second kappa shape index (κ2) is 13.0. The SMILES string of the molecule is COC1=C[C@@]23CCCN2CCc2cc4c(cc2[C@H]3C1OC(=O)[C@@H]1OC(c2ccc(OC)cc2)N(C(=O)c2ccccc2)[C@H]1c1ccccc1)OCO4. The molecule has 0 radical (unpaired) electrons. The van der Waals surface area contributed by atoms with Crippen LogP contribution in [0.15, 0.2) is 109 Å². The number of methoxy groups -OCH3 is 2. The van der Waals surface area contributed by atoms with E-state index in [1.165, 1.54) is 0 Å². The summed E-state index contributed by atoms with van der Waals surface area (Å²) in [6.07, 6.45) is 2.15. The van der Waals surface area contributed by atoms with Crippen LogP contribution in [0.4, 0.5) is 0 Å². The van der Waals surface area contributed by atoms with E-state index >= 15 is 0 Å². The second-order valence-corrected chi connectivity index (χ2v) is 13.9. The van der Waals surface area contributed by atoms with Crippen molar-refractivity contribution in [1.82, 2.24) is 9.80 Å². The minimum atomic E-state index is -1.15. The molecule has 1 amide bonds. The first-order valence-electron chi connectivity index (χ1n) is 17.9. The van der Waals surface area contributed by atoms with E-state index in [0.29, 0.717) is 28.4 Å². The molecule has 0 bridgehead atoms. The van der Waals surface area contributed by atoms with Gasteiger partial charge in [-0.2, -0.15) is 0 Å². The van der Waals surface area contributed by atoms with E-state index in [9.17, 15) is 9.59 Å². The Bertz CT molecular complexity index is 2020. The number of carbonyl (C=O) groups is 2. The Hall–Kier alpha value is -5.32. The molecule has 0 N–H and O–H groups in total. The number of carbonyl (C=O) groups excluding carboxylic acids is 2. The topological polar surface area (TPSA) is 96.0 Å². The van der Waals surface area contributed by atoms with Gasteiger partial charge in [0.15, 0.2) is 29.9 Å². The smallest absolute Gasteiger partial charge is 0.338 e. The molecular weight excluding hydrogens is 660 g/mol. The molecule has 10 heteroatoms. The summed E-state index contributed by atoms with van der Waals surface area (Å²) in [7, 11) is 3.23. The van der Waals surface area contributed by atoms with E-state index in [2.05, 4.69) is 23.1 Å². The van der Waals surface area contributed by atoms with Gasteiger partial charge in [0.2, 0.25) is 6.79 Å². The number of amides is 1. The number of benzene rings is 4. The van der Waals surface area contributed by atoms with Crippen LogP contribution in [0.1, 0.15) is 63.6 Å². The Labute approximate surface area is 302 Å². The zero-order valence-electron chi connectivity index (χ0n) is 29.1. The number of esters is 1. The van der Waals surface area contributed by atoms with E-state index in [0.717, 1.165) is 54.8 Å². The molecular formula is C42H40N2O8. The van der Waals surface area contributed by atoms with Gasteiger partial charge >= 0.3 is 5.97 Å². The van der Waals surface area contributed by atoms with Crippen molar-refractivity contribution in [1.29, 1.82) is 0 Å². The largest absolute Gasteiger partial charge is 0.497 e. The van der Waals surface area contributed by atoms with E-state index in [-0.39, 0.29) is 18.6 Å². The van der Waals surface area contributed by atoms with Gasteiger partial charge in [0, 0.05) is 17.7 Å². The summed E-state index contributed by atoms with van der Waals surface area (Å²) >= 11 is 0. The van der Waals surface area contributed by atoms with Crippen molar-refractivity contribution in [2.75, 3.05) is 34.1 Å². The quantitative estimate of drug-likeness (QED) is 0.205. The summed E-state index contributed by atoms with van der Waals surface area (Å²) in [5, 5.41) is 0. The van der Waals surface area contributed by atoms with Crippen molar-refractivity contribution in [3.8, 4) is 17.2 Å². The Kier molecular flexibility index (Phi) is 8.16. The molecule has 4 heterocycles. The van der Waals surface area contributed by atoms with Crippen molar-refractivity contribution in [2.45, 2.75) is 55.2 Å². The predicted molar refractivity (Wildman–Crippen MR) is 190 cm³/mol. The Morgan fingerprint density at radius 3 is 2.29 bits per heavy atom. The summed E-state index contributed by atoms with van der Waals surface area (Å²) in [5.74, 6) is 1.61. The van der Waals surface area contributed by atoms with Gasteiger partial charge in [-0.1, -0.05) is 60.7 Å². The molecule has 10 nitrogen and oxygen atoms in total. The van der Waals surface area contributed by atoms with Crippen molar-refractivity contribution < 1.29 is 38.0 Å². The third-order valence-corrected chi connectivity index (χ3v) is 11.4. The van der Waals surface area contributed by atoms with E-state index in [1.807, 2.05) is 72.8 Å². The molecule has 0 saturated carbocycles. The Morgan fingerprint density at radius 2 is 1.56 bits per heavy atom. The van der Waals surface area contributed by atoms with Gasteiger partial charge in [-0.25, -0.2) is 4.79 Å². The number of fused-ring (bicyclic) bond motifs is 3. The predicted octanol–water partition coefficient (Wildman–Crippen LogP) is 6.34. The van der Waals surface area contributed by atoms with Crippen molar-refractivity contribution in [3.63, 3.8) is 0 Å². The van der Waals surface area contributed by atoms with Gasteiger partial charge in [0.1, 0.15) is 11.5 Å². The number of rotatable bonds is 7. The highest BCUT2D eigenvalue weighted by Crippen LogP contribution is 2.56. The Balaban J connectivity index is 1.13. The summed E-state index contributed by atoms with van der Waals surface area (Å²) in [5.41, 5.74) is 3.76. The molecule has 266 valence electrons. The summed E-state index contributed by atoms with van der Waals surface area (Å²) < 4.78 is 36.5. The van der Waals surface area contributed by atoms with E-state index in [4.69, 9.17) is 28.4 Å². The number of hydrogen-bond donors (Lipinski definition) is 0. The highest BCUT2D eigenvalue weighted by molar-refractivity contribution is 5.95. The van der Waals surface area contributed by atoms with Crippen LogP contribution in [-0.2, 0) is 25.4 Å². The van der Waals surface area contributed by atoms with Crippen LogP contribution in [0, 0.1) is 0 Å². The van der Waals surface area contributed by atoms with Crippen molar-refractivity contribution in [3.05, 3.63) is 137 Å². The molecule has 1 aliphatic carbocycles. The average molecular weight is 701 g/mol. The summed E-state index contributed by atoms with van der Waals surface area (Å²) in [6, 6.07) is 29.3. The van der Waals surface area contributed by atoms with Crippen LogP contribution < -0.4 is 14.2 Å². The van der Waals surface area contributed by atoms with Crippen LogP contribution in [0.2, 0.25) is 0 Å². The van der Waals surface area contributed by atoms with Crippen LogP contribution in [0.5, 0.6) is 17.2 Å². The third kappa shape index (κ3) is 5.23. The lowest BCUT2D eigenvalue weighted by Gasteiger charge is -2.39. The van der Waals surface area contributed by atoms with Crippen molar-refractivity contribution >= 4 is 11.9 Å². The molecule has 2 unspecified atom stereocenters. The zero-order valence-corrected chi connectivity index (χ0v) is 29.1. The van der Waals surface area contributed by atoms with Gasteiger partial charge in [0.05, 0.1) is 31.7 Å². The molecule has 2 saturated heterocycles. The summed E-state index contributed by atoms with van der Waals surface area (Å²) in [6.45, 7) is 1.97. The molecule has 4 aromatic rings. The highest BCUT2D eigenvalue weighted by Gasteiger charge is 2.59. The second-order valence-electron chi connectivity index (χ2n) is 13.9. The summed E-state index contributed by atoms with van der Waals surface area (Å²) in [4.78, 5) is 33.7. The molecule has 9 rings (SSSR count). The molecule has 5 aliphatic rings. The lowest BCUT2D eigenvalue weighted by atomic mass is 9.77. The molecule has 2 fully saturated rings. The minimum absolute atomic E-state index is 0.174. The molecule has 6 atom stereocenters. The normalized spacial score (nSPS) is 27.2. The molecule has 1 spiro atoms. The van der Waals surface area contributed by atoms with E-state index in [1.54, 1.807) is 31.3 Å². The van der Waals surface area contributed by atoms with Gasteiger partial charge in [-0.05, 0) is 85.0 Å². The zero-order chi connectivity index (χ0) is 35.4. The van der Waals surface area contributed by atoms with Crippen LogP contribution >= 0.6 is 0 Å². The van der Waals surface area contributed by atoms with Crippen LogP contribution in [-0.4, -0.2) is 73.5 Å². The average Bonchev–Trinajstić information content (AvgIpc) is 3.97. The van der Waals surface area contributed by atoms with Crippen molar-refractivity contribution in [2.24, 2.45) is 0 Å². The highest BCUT2D eigenvalue weighted by atomic mass is 16.7. The Morgan fingerprint density at radius 1 is 0.827 bits per heavy atom. The fraction of sp³-hybridized carbons (Fsp3) is 0.333. The number of nitrogens with zero attached hydrogens (tertiary/aromatic N) is 2. The lowest BCUT2D eigenvalue weighted by molar-refractivity contribution is -0.164. The van der Waals surface area contributed by atoms with Crippen LogP contribution in [0.3, 0.4) is 0 Å². The maximum Gasteiger partial charge on any atom is 0.338 e. The maximum absolute atomic E-state index is 14.9. The lowest BCUT2D eigenvalue weighted by Crippen LogP contribution is -2.48. The standard InChI is InChI=1S/C42H40N2O8/c1-47-30-16-14-28(15-17-30)40-44(39(45)27-12-7-4-8-13-27)36(26-10-5-3-6-11-26)38(51-40)41(46)52-37-34(48-2)24-42-19-9-20-43(42)21-18-29-22-32-33(50-25-49-32)23-31(29)35(37)42/h3-8,10-17,22-24,35-38,40H,9,18-21,25H2,1-2H3/t35-,36-,37?,38+,40?,42+/m0/s1. The van der Waals surface area contributed by atoms with Gasteiger partial charge in [0.25, 0.3) is 5.91 Å². The van der Waals surface area contributed by atoms with Crippen LogP contribution in [0.25, 0.3) is 0 Å². The molecule has 0 aromatic heterocycles. The minimum Gasteiger partial charge on any atom is -0.497 e. The first kappa shape index (κ1) is 32.6. The third-order valence-electron chi connectivity index (χ3n) is 11.4. The first-order chi connectivity index (χ1) is 25.5. The fourth-order valence-electron chi connectivity index (χ4n) is 9.00. The number of ether oxygens (including phenoxy) is 6. The maximum atomic E-state index is 14.9. The molecule has 4 aromatic carbocycles. The van der Waals surface area contributed by atoms with Gasteiger partial charge < -0.3 is 28.4 Å². The number of hydrogen-bond acceptors (Lipinski definition) is 9. The van der Waals surface area contributed by atoms with E-state index < -0.39 is 36.0 Å². The molecule has 4 aliphatic heterocycles. The van der Waals surface area contributed by atoms with Gasteiger partial charge in [-0.15, -0.1) is 0 Å². The fourth-order valence-corrected chi connectivity index (χ4v) is 9.00. The molecule has 52 heavy (non-hydrogen) atoms. The van der Waals surface area contributed by atoms with Gasteiger partial charge in [-0.3, -0.25) is 14.6 Å². The first-order valence-corrected chi connectivity index (χ1v) is 17.9.